The molecule has 3 fully saturated rings. The molecule has 4 aliphatic rings. The Morgan fingerprint density at radius 3 is 2.49 bits per heavy atom. The van der Waals surface area contributed by atoms with Gasteiger partial charge < -0.3 is 34.1 Å². The number of rotatable bonds is 9. The fourth-order valence-corrected chi connectivity index (χ4v) is 12.6. The molecule has 17 nitrogen and oxygen atoms in total. The molecule has 4 aromatic rings. The number of benzene rings is 1. The van der Waals surface area contributed by atoms with Crippen LogP contribution in [0.2, 0.25) is 0 Å². The minimum atomic E-state index is -4.61. The summed E-state index contributed by atoms with van der Waals surface area (Å²) in [5, 5.41) is 5.20. The number of alkyl halides is 3. The first-order valence-corrected chi connectivity index (χ1v) is 26.9. The lowest BCUT2D eigenvalue weighted by Gasteiger charge is -2.53. The van der Waals surface area contributed by atoms with E-state index in [2.05, 4.69) is 37.4 Å². The molecule has 4 atom stereocenters. The van der Waals surface area contributed by atoms with E-state index in [-0.39, 0.29) is 43.5 Å². The Morgan fingerprint density at radius 2 is 1.81 bits per heavy atom. The molecule has 403 valence electrons. The zero-order valence-electron chi connectivity index (χ0n) is 44.0. The summed E-state index contributed by atoms with van der Waals surface area (Å²) >= 11 is 1.24. The smallest absolute Gasteiger partial charge is 0.406 e. The van der Waals surface area contributed by atoms with Gasteiger partial charge in [0, 0.05) is 104 Å². The molecular weight excluding hydrogens is 1010 g/mol. The monoisotopic (exact) mass is 1070 g/mol. The molecule has 4 aliphatic heterocycles. The van der Waals surface area contributed by atoms with E-state index in [9.17, 15) is 32.3 Å². The van der Waals surface area contributed by atoms with Crippen LogP contribution in [0.25, 0.3) is 33.4 Å². The standard InChI is InChI=1S/C53H68F3N10O7SSi/c1-10-42(67)64-24-23-61(7)51(29-64)17-21-63(22-18-51)49(71)62(8)44(32(2)3)46(68)59-52(75)27-41-58-39(28-74-41)34-15-16-40-36(25-34)37(26-50(5,6)31-73-47(69)38-14-12-20-66(60-38)48(52)70)45(65(40)30-53(54,55)56)35-13-11-19-57-43(35)33(4)72-9/h10-11,13,15-16,19,25,28,32-33,38,44,60H,1,12,14,17-18,20-24,26-27,29-31H2,2-9H3,(H,59,68)/t33-,38-,44-,52?/m0/s1. The number of piperidine rings is 1. The predicted octanol–water partition coefficient (Wildman–Crippen LogP) is 6.11. The van der Waals surface area contributed by atoms with Gasteiger partial charge in [-0.25, -0.2) is 15.2 Å². The number of likely N-dealkylation sites (N-methyl/N-ethyl adjacent to an activating group) is 2. The third-order valence-electron chi connectivity index (χ3n) is 15.4. The highest BCUT2D eigenvalue weighted by atomic mass is 32.1. The van der Waals surface area contributed by atoms with Crippen molar-refractivity contribution < 1.29 is 46.6 Å². The second kappa shape index (κ2) is 21.7. The number of methoxy groups -OCH3 is 1. The van der Waals surface area contributed by atoms with E-state index in [1.165, 1.54) is 39.0 Å². The maximum Gasteiger partial charge on any atom is 0.406 e. The number of esters is 1. The summed E-state index contributed by atoms with van der Waals surface area (Å²) in [5.41, 5.74) is 5.19. The number of ether oxygens (including phenoxy) is 2. The quantitative estimate of drug-likeness (QED) is 0.113. The Balaban J connectivity index is 1.15. The molecule has 1 spiro atoms. The molecule has 3 aromatic heterocycles. The Labute approximate surface area is 443 Å². The number of piperazine rings is 1. The fraction of sp³-hybridized carbons (Fsp3) is 0.566. The molecule has 75 heavy (non-hydrogen) atoms. The summed E-state index contributed by atoms with van der Waals surface area (Å²) < 4.78 is 57.2. The molecule has 0 aliphatic carbocycles. The maximum atomic E-state index is 15.0. The molecule has 2 N–H and O–H groups in total. The predicted molar refractivity (Wildman–Crippen MR) is 279 cm³/mol. The van der Waals surface area contributed by atoms with Crippen molar-refractivity contribution in [3.05, 3.63) is 70.8 Å². The fourth-order valence-electron chi connectivity index (χ4n) is 11.2. The molecule has 3 radical (unpaired) electrons. The zero-order chi connectivity index (χ0) is 54.4. The second-order valence-corrected chi connectivity index (χ2v) is 23.5. The summed E-state index contributed by atoms with van der Waals surface area (Å²) in [5.74, 6) is -2.37. The van der Waals surface area contributed by atoms with Crippen LogP contribution in [-0.2, 0) is 48.0 Å². The third kappa shape index (κ3) is 11.5. The highest BCUT2D eigenvalue weighted by Crippen LogP contribution is 2.43. The number of likely N-dealkylation sites (tertiary alicyclic amines) is 1. The first kappa shape index (κ1) is 55.5. The SMILES string of the molecule is C=CC(=O)N1CCN(C)C2(CCN(C(=O)N(C)[C@H](C(=O)NC3([Si])Cc4nc(cs4)-c4ccc5c(c4)c(c(-c4cccnc4[C@H](C)OC)n5CC(F)(F)F)CC(C)(C)COC(=O)[C@@H]4CCCN(N4)C3=O)C(C)C)CC2)C1. The largest absolute Gasteiger partial charge is 0.464 e. The number of fused-ring (bicyclic) bond motifs is 6. The van der Waals surface area contributed by atoms with Gasteiger partial charge in [0.2, 0.25) is 11.8 Å². The number of aromatic nitrogens is 3. The summed E-state index contributed by atoms with van der Waals surface area (Å²) in [7, 11) is 8.91. The second-order valence-electron chi connectivity index (χ2n) is 21.7. The first-order chi connectivity index (χ1) is 35.4. The first-order valence-electron chi connectivity index (χ1n) is 25.5. The zero-order valence-corrected chi connectivity index (χ0v) is 45.8. The van der Waals surface area contributed by atoms with E-state index in [0.29, 0.717) is 108 Å². The lowest BCUT2D eigenvalue weighted by atomic mass is 9.83. The van der Waals surface area contributed by atoms with Gasteiger partial charge >= 0.3 is 18.2 Å². The van der Waals surface area contributed by atoms with Crippen LogP contribution in [0.1, 0.15) is 82.7 Å². The number of hydrogen-bond donors (Lipinski definition) is 2. The average Bonchev–Trinajstić information content (AvgIpc) is 3.95. The van der Waals surface area contributed by atoms with Crippen LogP contribution in [-0.4, -0.2) is 175 Å². The number of carbonyl (C=O) groups is 5. The minimum absolute atomic E-state index is 0.113. The van der Waals surface area contributed by atoms with Crippen LogP contribution in [0.4, 0.5) is 18.0 Å². The molecular formula is C53H68F3N10O7SSi. The maximum absolute atomic E-state index is 15.0. The third-order valence-corrected chi connectivity index (χ3v) is 16.7. The molecule has 22 heteroatoms. The normalized spacial score (nSPS) is 22.4. The summed E-state index contributed by atoms with van der Waals surface area (Å²) in [6, 6.07) is 6.28. The molecule has 3 saturated heterocycles. The highest BCUT2D eigenvalue weighted by Gasteiger charge is 2.47. The van der Waals surface area contributed by atoms with Crippen molar-refractivity contribution in [2.24, 2.45) is 11.3 Å². The number of hydrazine groups is 1. The van der Waals surface area contributed by atoms with E-state index in [1.54, 1.807) is 59.6 Å². The van der Waals surface area contributed by atoms with Gasteiger partial charge in [0.1, 0.15) is 23.8 Å². The van der Waals surface area contributed by atoms with Crippen molar-refractivity contribution in [3.8, 4) is 22.5 Å². The van der Waals surface area contributed by atoms with Gasteiger partial charge in [-0.3, -0.25) is 34.1 Å². The summed E-state index contributed by atoms with van der Waals surface area (Å²) in [6.45, 7) is 14.3. The Hall–Kier alpha value is -5.68. The van der Waals surface area contributed by atoms with Crippen LogP contribution >= 0.6 is 11.3 Å². The van der Waals surface area contributed by atoms with Crippen molar-refractivity contribution >= 4 is 62.2 Å². The number of carbonyl (C=O) groups excluding carboxylic acids is 5. The van der Waals surface area contributed by atoms with Gasteiger partial charge in [0.05, 0.1) is 45.0 Å². The van der Waals surface area contributed by atoms with E-state index >= 15 is 4.79 Å². The van der Waals surface area contributed by atoms with Crippen LogP contribution in [0.15, 0.2) is 54.6 Å². The van der Waals surface area contributed by atoms with E-state index < -0.39 is 65.2 Å². The van der Waals surface area contributed by atoms with Gasteiger partial charge in [0.15, 0.2) is 0 Å². The van der Waals surface area contributed by atoms with Crippen LogP contribution in [0.5, 0.6) is 0 Å². The number of nitrogens with zero attached hydrogens (tertiary/aromatic N) is 8. The average molecular weight is 1070 g/mol. The Morgan fingerprint density at radius 1 is 1.08 bits per heavy atom. The lowest BCUT2D eigenvalue weighted by molar-refractivity contribution is -0.156. The molecule has 8 rings (SSSR count). The van der Waals surface area contributed by atoms with Gasteiger partial charge in [0.25, 0.3) is 5.91 Å². The van der Waals surface area contributed by atoms with E-state index in [4.69, 9.17) is 14.5 Å². The number of pyridine rings is 1. The van der Waals surface area contributed by atoms with Crippen LogP contribution in [0.3, 0.4) is 0 Å². The number of hydrogen-bond acceptors (Lipinski definition) is 12. The lowest BCUT2D eigenvalue weighted by Crippen LogP contribution is -2.69. The topological polar surface area (TPSA) is 175 Å². The Kier molecular flexibility index (Phi) is 16.1. The van der Waals surface area contributed by atoms with Crippen LogP contribution < -0.4 is 10.7 Å². The number of cyclic esters (lactones) is 1. The summed E-state index contributed by atoms with van der Waals surface area (Å²) in [4.78, 5) is 87.7. The van der Waals surface area contributed by atoms with Gasteiger partial charge in [-0.15, -0.1) is 11.3 Å². The van der Waals surface area contributed by atoms with Gasteiger partial charge in [-0.05, 0) is 87.9 Å². The van der Waals surface area contributed by atoms with Gasteiger partial charge in [-0.1, -0.05) is 40.3 Å². The molecule has 1 aromatic carbocycles. The van der Waals surface area contributed by atoms with Crippen molar-refractivity contribution in [1.29, 1.82) is 0 Å². The molecule has 1 unspecified atom stereocenters. The molecule has 0 saturated carbocycles. The minimum Gasteiger partial charge on any atom is -0.464 e. The van der Waals surface area contributed by atoms with Gasteiger partial charge in [-0.2, -0.15) is 13.2 Å². The van der Waals surface area contributed by atoms with Crippen molar-refractivity contribution in [3.63, 3.8) is 0 Å². The number of halogens is 3. The summed E-state index contributed by atoms with van der Waals surface area (Å²) in [6.07, 6.45) is -0.255. The number of amides is 5. The molecule has 6 bridgehead atoms. The van der Waals surface area contributed by atoms with Crippen molar-refractivity contribution in [1.82, 2.24) is 49.9 Å². The number of urea groups is 1. The Bertz CT molecular complexity index is 2830. The van der Waals surface area contributed by atoms with E-state index in [0.717, 1.165) is 0 Å². The van der Waals surface area contributed by atoms with Crippen molar-refractivity contribution in [2.75, 3.05) is 67.1 Å². The molecule has 5 amide bonds. The highest BCUT2D eigenvalue weighted by molar-refractivity contribution is 7.10. The van der Waals surface area contributed by atoms with Crippen molar-refractivity contribution in [2.45, 2.75) is 115 Å². The number of thiazole rings is 1. The van der Waals surface area contributed by atoms with E-state index in [1.807, 2.05) is 40.8 Å². The number of nitrogens with one attached hydrogen (secondary N) is 2. The molecule has 7 heterocycles. The van der Waals surface area contributed by atoms with Crippen LogP contribution in [0, 0.1) is 11.3 Å².